The first-order valence-electron chi connectivity index (χ1n) is 12.6. The SMILES string of the molecule is NCCCCC(NC(=O)C(N)CCC(N)=O)C(=O)NC(CS)C(=O)NC(Cc1c[nH]c2ccccc12)C(=O)O. The number of aliphatic carboxylic acids is 1. The van der Waals surface area contributed by atoms with E-state index in [1.165, 1.54) is 0 Å². The van der Waals surface area contributed by atoms with E-state index < -0.39 is 53.8 Å². The standard InChI is InChI=1S/C25H37N7O6S/c26-10-4-3-7-18(30-22(34)16(27)8-9-21(28)33)23(35)32-20(13-39)24(36)31-19(25(37)38)11-14-12-29-17-6-2-1-5-15(14)17/h1-2,5-6,12,16,18-20,29,39H,3-4,7-11,13,26-27H2,(H2,28,33)(H,30,34)(H,31,36)(H,32,35)(H,37,38). The van der Waals surface area contributed by atoms with Crippen LogP contribution in [0.4, 0.5) is 0 Å². The number of hydrogen-bond donors (Lipinski definition) is 9. The average Bonchev–Trinajstić information content (AvgIpc) is 3.31. The number of carbonyl (C=O) groups is 5. The number of benzene rings is 1. The van der Waals surface area contributed by atoms with Gasteiger partial charge in [0, 0.05) is 35.7 Å². The minimum Gasteiger partial charge on any atom is -0.480 e. The summed E-state index contributed by atoms with van der Waals surface area (Å²) in [6.07, 6.45) is 2.94. The lowest BCUT2D eigenvalue weighted by Gasteiger charge is -2.24. The average molecular weight is 564 g/mol. The van der Waals surface area contributed by atoms with E-state index in [9.17, 15) is 29.1 Å². The summed E-state index contributed by atoms with van der Waals surface area (Å²) in [5.41, 5.74) is 18.0. The predicted molar refractivity (Wildman–Crippen MR) is 149 cm³/mol. The molecule has 1 aromatic heterocycles. The number of aromatic amines is 1. The fourth-order valence-corrected chi connectivity index (χ4v) is 4.19. The number of para-hydroxylation sites is 1. The zero-order valence-corrected chi connectivity index (χ0v) is 22.4. The van der Waals surface area contributed by atoms with Crippen LogP contribution in [0.1, 0.15) is 37.7 Å². The Hall–Kier alpha value is -3.62. The number of nitrogens with one attached hydrogen (secondary N) is 4. The summed E-state index contributed by atoms with van der Waals surface area (Å²) in [4.78, 5) is 64.5. The van der Waals surface area contributed by atoms with Gasteiger partial charge in [0.15, 0.2) is 0 Å². The van der Waals surface area contributed by atoms with Crippen LogP contribution in [0.15, 0.2) is 30.5 Å². The Labute approximate surface area is 231 Å². The van der Waals surface area contributed by atoms with Gasteiger partial charge in [0.1, 0.15) is 18.1 Å². The summed E-state index contributed by atoms with van der Waals surface area (Å²) in [6, 6.07) is 2.83. The van der Waals surface area contributed by atoms with Crippen LogP contribution in [-0.2, 0) is 30.4 Å². The van der Waals surface area contributed by atoms with E-state index in [4.69, 9.17) is 17.2 Å². The first kappa shape index (κ1) is 31.6. The van der Waals surface area contributed by atoms with Crippen molar-refractivity contribution in [1.29, 1.82) is 0 Å². The van der Waals surface area contributed by atoms with E-state index in [2.05, 4.69) is 33.6 Å². The van der Waals surface area contributed by atoms with Crippen LogP contribution in [0, 0.1) is 0 Å². The Morgan fingerprint density at radius 1 is 0.923 bits per heavy atom. The molecule has 11 N–H and O–H groups in total. The van der Waals surface area contributed by atoms with E-state index in [1.807, 2.05) is 24.3 Å². The van der Waals surface area contributed by atoms with Crippen LogP contribution in [0.3, 0.4) is 0 Å². The molecule has 4 amide bonds. The Kier molecular flexibility index (Phi) is 12.7. The number of H-pyrrole nitrogens is 1. The molecular weight excluding hydrogens is 526 g/mol. The molecule has 0 aliphatic heterocycles. The van der Waals surface area contributed by atoms with Gasteiger partial charge in [-0.3, -0.25) is 19.2 Å². The lowest BCUT2D eigenvalue weighted by Crippen LogP contribution is -2.57. The smallest absolute Gasteiger partial charge is 0.326 e. The van der Waals surface area contributed by atoms with Crippen LogP contribution in [0.25, 0.3) is 10.9 Å². The van der Waals surface area contributed by atoms with Crippen LogP contribution in [0.2, 0.25) is 0 Å². The minimum absolute atomic E-state index is 0.00693. The molecule has 4 atom stereocenters. The fourth-order valence-electron chi connectivity index (χ4n) is 3.93. The second-order valence-electron chi connectivity index (χ2n) is 9.16. The van der Waals surface area contributed by atoms with Gasteiger partial charge in [-0.2, -0.15) is 12.6 Å². The van der Waals surface area contributed by atoms with Gasteiger partial charge >= 0.3 is 5.97 Å². The summed E-state index contributed by atoms with van der Waals surface area (Å²) in [5, 5.41) is 18.1. The molecule has 4 unspecified atom stereocenters. The maximum Gasteiger partial charge on any atom is 0.326 e. The van der Waals surface area contributed by atoms with Crippen molar-refractivity contribution in [2.24, 2.45) is 17.2 Å². The number of thiol groups is 1. The summed E-state index contributed by atoms with van der Waals surface area (Å²) in [7, 11) is 0. The van der Waals surface area contributed by atoms with Crippen LogP contribution < -0.4 is 33.2 Å². The number of primary amides is 1. The van der Waals surface area contributed by atoms with Crippen molar-refractivity contribution in [2.75, 3.05) is 12.3 Å². The third kappa shape index (κ3) is 9.89. The molecule has 0 saturated carbocycles. The van der Waals surface area contributed by atoms with Gasteiger partial charge in [-0.1, -0.05) is 18.2 Å². The molecule has 2 rings (SSSR count). The Bertz CT molecular complexity index is 1160. The maximum atomic E-state index is 13.1. The highest BCUT2D eigenvalue weighted by atomic mass is 32.1. The molecule has 0 fully saturated rings. The number of carbonyl (C=O) groups excluding carboxylic acids is 4. The summed E-state index contributed by atoms with van der Waals surface area (Å²) in [6.45, 7) is 0.384. The van der Waals surface area contributed by atoms with E-state index in [1.54, 1.807) is 6.20 Å². The zero-order chi connectivity index (χ0) is 28.9. The number of carboxylic acids is 1. The summed E-state index contributed by atoms with van der Waals surface area (Å²) >= 11 is 4.15. The van der Waals surface area contributed by atoms with Gasteiger partial charge in [0.25, 0.3) is 0 Å². The predicted octanol–water partition coefficient (Wildman–Crippen LogP) is -1.10. The summed E-state index contributed by atoms with van der Waals surface area (Å²) < 4.78 is 0. The third-order valence-corrected chi connectivity index (χ3v) is 6.51. The van der Waals surface area contributed by atoms with Crippen molar-refractivity contribution in [3.05, 3.63) is 36.0 Å². The number of carboxylic acid groups (broad SMARTS) is 1. The molecular formula is C25H37N7O6S. The van der Waals surface area contributed by atoms with E-state index in [0.29, 0.717) is 24.9 Å². The zero-order valence-electron chi connectivity index (χ0n) is 21.5. The van der Waals surface area contributed by atoms with Crippen molar-refractivity contribution in [1.82, 2.24) is 20.9 Å². The molecule has 0 spiro atoms. The first-order chi connectivity index (χ1) is 18.6. The van der Waals surface area contributed by atoms with Crippen molar-refractivity contribution < 1.29 is 29.1 Å². The van der Waals surface area contributed by atoms with Crippen molar-refractivity contribution >= 4 is 53.1 Å². The van der Waals surface area contributed by atoms with Crippen molar-refractivity contribution in [3.8, 4) is 0 Å². The molecule has 0 radical (unpaired) electrons. The number of fused-ring (bicyclic) bond motifs is 1. The number of rotatable bonds is 17. The van der Waals surface area contributed by atoms with E-state index >= 15 is 0 Å². The Balaban J connectivity index is 2.07. The number of aromatic nitrogens is 1. The third-order valence-electron chi connectivity index (χ3n) is 6.15. The van der Waals surface area contributed by atoms with Crippen LogP contribution >= 0.6 is 12.6 Å². The van der Waals surface area contributed by atoms with Crippen LogP contribution in [0.5, 0.6) is 0 Å². The molecule has 0 bridgehead atoms. The normalized spacial score (nSPS) is 14.1. The fraction of sp³-hybridized carbons (Fsp3) is 0.480. The molecule has 14 heteroatoms. The quantitative estimate of drug-likeness (QED) is 0.0844. The summed E-state index contributed by atoms with van der Waals surface area (Å²) in [5.74, 6) is -4.03. The Morgan fingerprint density at radius 2 is 1.56 bits per heavy atom. The molecule has 0 saturated heterocycles. The van der Waals surface area contributed by atoms with Gasteiger partial charge in [-0.25, -0.2) is 4.79 Å². The first-order valence-corrected chi connectivity index (χ1v) is 13.2. The van der Waals surface area contributed by atoms with Crippen molar-refractivity contribution in [3.63, 3.8) is 0 Å². The largest absolute Gasteiger partial charge is 0.480 e. The van der Waals surface area contributed by atoms with Gasteiger partial charge in [0.2, 0.25) is 23.6 Å². The second kappa shape index (κ2) is 15.7. The molecule has 39 heavy (non-hydrogen) atoms. The maximum absolute atomic E-state index is 13.1. The number of nitrogens with two attached hydrogens (primary N) is 3. The second-order valence-corrected chi connectivity index (χ2v) is 9.53. The van der Waals surface area contributed by atoms with E-state index in [0.717, 1.165) is 10.9 Å². The van der Waals surface area contributed by atoms with Gasteiger partial charge in [0.05, 0.1) is 6.04 Å². The monoisotopic (exact) mass is 563 g/mol. The number of unbranched alkanes of at least 4 members (excludes halogenated alkanes) is 1. The molecule has 13 nitrogen and oxygen atoms in total. The van der Waals surface area contributed by atoms with Gasteiger partial charge in [-0.05, 0) is 43.9 Å². The minimum atomic E-state index is -1.26. The number of amides is 4. The molecule has 1 aromatic carbocycles. The van der Waals surface area contributed by atoms with E-state index in [-0.39, 0.29) is 31.4 Å². The molecule has 0 aliphatic rings. The van der Waals surface area contributed by atoms with Crippen LogP contribution in [-0.4, -0.2) is 76.2 Å². The molecule has 2 aromatic rings. The van der Waals surface area contributed by atoms with Gasteiger partial charge < -0.3 is 43.2 Å². The topological polar surface area (TPSA) is 236 Å². The highest BCUT2D eigenvalue weighted by molar-refractivity contribution is 7.80. The lowest BCUT2D eigenvalue weighted by molar-refractivity contribution is -0.142. The van der Waals surface area contributed by atoms with Crippen molar-refractivity contribution in [2.45, 2.75) is 62.7 Å². The molecule has 214 valence electrons. The molecule has 0 aliphatic carbocycles. The highest BCUT2D eigenvalue weighted by Gasteiger charge is 2.30. The Morgan fingerprint density at radius 3 is 2.21 bits per heavy atom. The lowest BCUT2D eigenvalue weighted by atomic mass is 10.0. The number of hydrogen-bond acceptors (Lipinski definition) is 8. The highest BCUT2D eigenvalue weighted by Crippen LogP contribution is 2.19. The molecule has 1 heterocycles. The van der Waals surface area contributed by atoms with Gasteiger partial charge in [-0.15, -0.1) is 0 Å².